The molecule has 2 aliphatic rings. The van der Waals surface area contributed by atoms with E-state index in [0.29, 0.717) is 45.4 Å². The van der Waals surface area contributed by atoms with Crippen LogP contribution in [-0.2, 0) is 34.8 Å². The van der Waals surface area contributed by atoms with Gasteiger partial charge in [-0.2, -0.15) is 0 Å². The molecule has 39 heavy (non-hydrogen) atoms. The van der Waals surface area contributed by atoms with Crippen molar-refractivity contribution in [2.24, 2.45) is 5.73 Å². The summed E-state index contributed by atoms with van der Waals surface area (Å²) in [5, 5.41) is 10.7. The Labute approximate surface area is 228 Å². The number of carbonyl (C=O) groups excluding carboxylic acids is 3. The first-order valence-corrected chi connectivity index (χ1v) is 14.7. The summed E-state index contributed by atoms with van der Waals surface area (Å²) in [6, 6.07) is 4.77. The summed E-state index contributed by atoms with van der Waals surface area (Å²) in [4.78, 5) is 41.3. The predicted octanol–water partition coefficient (Wildman–Crippen LogP) is 0.110. The summed E-state index contributed by atoms with van der Waals surface area (Å²) in [5.74, 6) is -2.18. The van der Waals surface area contributed by atoms with Crippen molar-refractivity contribution in [2.45, 2.75) is 63.1 Å². The summed E-state index contributed by atoms with van der Waals surface area (Å²) in [5.41, 5.74) is 6.08. The van der Waals surface area contributed by atoms with Crippen LogP contribution in [0, 0.1) is 5.41 Å². The van der Waals surface area contributed by atoms with E-state index in [1.807, 2.05) is 6.92 Å². The van der Waals surface area contributed by atoms with Crippen LogP contribution in [0.25, 0.3) is 0 Å². The molecule has 2 saturated heterocycles. The second-order valence-corrected chi connectivity index (χ2v) is 11.3. The van der Waals surface area contributed by atoms with E-state index < -0.39 is 51.9 Å². The molecule has 0 aromatic heterocycles. The number of hydrogen-bond acceptors (Lipinski definition) is 8. The third-order valence-electron chi connectivity index (χ3n) is 6.76. The number of methoxy groups -OCH3 is 1. The molecule has 0 saturated carbocycles. The molecule has 216 valence electrons. The Balaban J connectivity index is 1.66. The van der Waals surface area contributed by atoms with Crippen LogP contribution < -0.4 is 15.8 Å². The van der Waals surface area contributed by atoms with Crippen LogP contribution in [0.4, 0.5) is 0 Å². The van der Waals surface area contributed by atoms with E-state index in [-0.39, 0.29) is 30.1 Å². The molecule has 0 bridgehead atoms. The van der Waals surface area contributed by atoms with Gasteiger partial charge in [0.25, 0.3) is 0 Å². The van der Waals surface area contributed by atoms with E-state index in [1.165, 1.54) is 24.1 Å². The number of nitrogens with two attached hydrogens (primary N) is 1. The quantitative estimate of drug-likeness (QED) is 0.173. The molecule has 1 unspecified atom stereocenters. The van der Waals surface area contributed by atoms with Crippen molar-refractivity contribution in [3.05, 3.63) is 35.4 Å². The zero-order valence-electron chi connectivity index (χ0n) is 22.4. The number of likely N-dealkylation sites (tertiary alicyclic amines) is 2. The van der Waals surface area contributed by atoms with Crippen LogP contribution in [0.5, 0.6) is 0 Å². The Kier molecular flexibility index (Phi) is 10.7. The molecule has 1 aromatic carbocycles. The molecule has 2 amide bonds. The highest BCUT2D eigenvalue weighted by atomic mass is 32.2. The molecule has 13 nitrogen and oxygen atoms in total. The SMILES string of the molecule is CCOC1[C@@H](NC(=O)CN2CCCC[C@H](NS(=O)(=O)Cc3ccccc3C(=O)OC)C2=O)CCCN1C(=N)N. The Bertz CT molecular complexity index is 1160. The lowest BCUT2D eigenvalue weighted by molar-refractivity contribution is -0.138. The number of rotatable bonds is 10. The van der Waals surface area contributed by atoms with Gasteiger partial charge < -0.3 is 30.3 Å². The van der Waals surface area contributed by atoms with Gasteiger partial charge in [-0.3, -0.25) is 15.0 Å². The predicted molar refractivity (Wildman–Crippen MR) is 143 cm³/mol. The van der Waals surface area contributed by atoms with Crippen molar-refractivity contribution in [3.8, 4) is 0 Å². The van der Waals surface area contributed by atoms with Gasteiger partial charge in [0, 0.05) is 19.7 Å². The van der Waals surface area contributed by atoms with Gasteiger partial charge in [0.15, 0.2) is 12.2 Å². The minimum absolute atomic E-state index is 0.132. The topological polar surface area (TPSA) is 184 Å². The van der Waals surface area contributed by atoms with Crippen LogP contribution >= 0.6 is 0 Å². The fraction of sp³-hybridized carbons (Fsp3) is 0.600. The van der Waals surface area contributed by atoms with Crippen LogP contribution in [-0.4, -0.2) is 93.6 Å². The van der Waals surface area contributed by atoms with Crippen LogP contribution in [0.2, 0.25) is 0 Å². The lowest BCUT2D eigenvalue weighted by atomic mass is 10.0. The summed E-state index contributed by atoms with van der Waals surface area (Å²) in [6.45, 7) is 2.81. The number of amides is 2. The molecular formula is C25H38N6O7S. The Morgan fingerprint density at radius 2 is 1.90 bits per heavy atom. The number of hydrogen-bond donors (Lipinski definition) is 4. The molecule has 2 aliphatic heterocycles. The Morgan fingerprint density at radius 1 is 1.15 bits per heavy atom. The first-order valence-electron chi connectivity index (χ1n) is 13.0. The maximum absolute atomic E-state index is 13.3. The van der Waals surface area contributed by atoms with Crippen molar-refractivity contribution in [1.82, 2.24) is 19.8 Å². The molecular weight excluding hydrogens is 528 g/mol. The minimum atomic E-state index is -4.01. The van der Waals surface area contributed by atoms with E-state index in [9.17, 15) is 22.8 Å². The monoisotopic (exact) mass is 566 g/mol. The molecule has 3 atom stereocenters. The third kappa shape index (κ3) is 8.13. The Morgan fingerprint density at radius 3 is 2.59 bits per heavy atom. The smallest absolute Gasteiger partial charge is 0.338 e. The number of benzene rings is 1. The highest BCUT2D eigenvalue weighted by molar-refractivity contribution is 7.88. The molecule has 0 aliphatic carbocycles. The van der Waals surface area contributed by atoms with Crippen LogP contribution in [0.15, 0.2) is 24.3 Å². The molecule has 5 N–H and O–H groups in total. The van der Waals surface area contributed by atoms with Crippen molar-refractivity contribution < 1.29 is 32.3 Å². The first kappa shape index (κ1) is 30.3. The largest absolute Gasteiger partial charge is 0.465 e. The highest BCUT2D eigenvalue weighted by Gasteiger charge is 2.36. The van der Waals surface area contributed by atoms with E-state index in [4.69, 9.17) is 20.6 Å². The van der Waals surface area contributed by atoms with E-state index in [0.717, 1.165) is 0 Å². The molecule has 3 rings (SSSR count). The van der Waals surface area contributed by atoms with Gasteiger partial charge in [-0.05, 0) is 50.7 Å². The van der Waals surface area contributed by atoms with Crippen LogP contribution in [0.1, 0.15) is 54.9 Å². The lowest BCUT2D eigenvalue weighted by Gasteiger charge is -2.41. The standard InChI is InChI=1S/C25H38N6O7S/c1-3-38-23-20(12-8-14-31(23)25(26)27)28-21(32)15-30-13-7-6-11-19(22(30)33)29-39(35,36)16-17-9-4-5-10-18(17)24(34)37-2/h4-5,9-10,19-20,23,29H,3,6-8,11-16H2,1-2H3,(H3,26,27)(H,28,32)/t19-,20-,23?/m0/s1. The number of ether oxygens (including phenoxy) is 2. The average Bonchev–Trinajstić information content (AvgIpc) is 3.05. The van der Waals surface area contributed by atoms with Gasteiger partial charge >= 0.3 is 5.97 Å². The normalized spacial score (nSPS) is 22.2. The fourth-order valence-electron chi connectivity index (χ4n) is 4.96. The van der Waals surface area contributed by atoms with Crippen molar-refractivity contribution in [2.75, 3.05) is 33.4 Å². The minimum Gasteiger partial charge on any atom is -0.465 e. The van der Waals surface area contributed by atoms with Gasteiger partial charge in [0.05, 0.1) is 31.0 Å². The Hall–Kier alpha value is -3.23. The summed E-state index contributed by atoms with van der Waals surface area (Å²) in [7, 11) is -2.80. The summed E-state index contributed by atoms with van der Waals surface area (Å²) >= 11 is 0. The number of sulfonamides is 1. The zero-order valence-corrected chi connectivity index (χ0v) is 23.2. The van der Waals surface area contributed by atoms with Gasteiger partial charge in [0.2, 0.25) is 21.8 Å². The fourth-order valence-corrected chi connectivity index (χ4v) is 6.36. The maximum Gasteiger partial charge on any atom is 0.338 e. The lowest BCUT2D eigenvalue weighted by Crippen LogP contribution is -2.60. The van der Waals surface area contributed by atoms with Crippen molar-refractivity contribution in [3.63, 3.8) is 0 Å². The number of nitrogens with zero attached hydrogens (tertiary/aromatic N) is 2. The first-order chi connectivity index (χ1) is 18.6. The van der Waals surface area contributed by atoms with Crippen molar-refractivity contribution in [1.29, 1.82) is 5.41 Å². The molecule has 14 heteroatoms. The van der Waals surface area contributed by atoms with Gasteiger partial charge in [-0.1, -0.05) is 18.2 Å². The number of esters is 1. The molecule has 2 fully saturated rings. The third-order valence-corrected chi connectivity index (χ3v) is 8.10. The highest BCUT2D eigenvalue weighted by Crippen LogP contribution is 2.20. The van der Waals surface area contributed by atoms with Crippen LogP contribution in [0.3, 0.4) is 0 Å². The van der Waals surface area contributed by atoms with E-state index in [2.05, 4.69) is 10.0 Å². The number of carbonyl (C=O) groups is 3. The van der Waals surface area contributed by atoms with Gasteiger partial charge in [0.1, 0.15) is 6.04 Å². The molecule has 1 aromatic rings. The van der Waals surface area contributed by atoms with Gasteiger partial charge in [-0.15, -0.1) is 0 Å². The van der Waals surface area contributed by atoms with Crippen molar-refractivity contribution >= 4 is 33.8 Å². The zero-order chi connectivity index (χ0) is 28.6. The second-order valence-electron chi connectivity index (χ2n) is 9.57. The molecule has 2 heterocycles. The van der Waals surface area contributed by atoms with E-state index >= 15 is 0 Å². The number of guanidine groups is 1. The summed E-state index contributed by atoms with van der Waals surface area (Å²) < 4.78 is 39.0. The number of piperidine rings is 1. The maximum atomic E-state index is 13.3. The molecule has 0 radical (unpaired) electrons. The average molecular weight is 567 g/mol. The number of nitrogens with one attached hydrogen (secondary N) is 3. The second kappa shape index (κ2) is 13.7. The summed E-state index contributed by atoms with van der Waals surface area (Å²) in [6.07, 6.45) is 2.25. The van der Waals surface area contributed by atoms with E-state index in [1.54, 1.807) is 17.0 Å². The molecule has 0 spiro atoms. The van der Waals surface area contributed by atoms with Gasteiger partial charge in [-0.25, -0.2) is 17.9 Å².